The number of carbonyl (C=O) groups is 1. The predicted octanol–water partition coefficient (Wildman–Crippen LogP) is 0.764. The van der Waals surface area contributed by atoms with E-state index in [-0.39, 0.29) is 12.0 Å². The highest BCUT2D eigenvalue weighted by Gasteiger charge is 2.32. The second kappa shape index (κ2) is 5.15. The Morgan fingerprint density at radius 3 is 3.00 bits per heavy atom. The number of esters is 1. The molecule has 4 nitrogen and oxygen atoms in total. The van der Waals surface area contributed by atoms with Gasteiger partial charge in [0.2, 0.25) is 0 Å². The quantitative estimate of drug-likeness (QED) is 0.722. The lowest BCUT2D eigenvalue weighted by Gasteiger charge is -2.36. The van der Waals surface area contributed by atoms with Crippen LogP contribution in [0.3, 0.4) is 0 Å². The molecule has 2 aliphatic rings. The summed E-state index contributed by atoms with van der Waals surface area (Å²) in [7, 11) is 1.44. The van der Waals surface area contributed by atoms with Gasteiger partial charge >= 0.3 is 5.97 Å². The minimum atomic E-state index is -0.178. The van der Waals surface area contributed by atoms with Crippen molar-refractivity contribution in [2.45, 2.75) is 50.7 Å². The van der Waals surface area contributed by atoms with Crippen LogP contribution in [0.5, 0.6) is 0 Å². The van der Waals surface area contributed by atoms with Crippen LogP contribution >= 0.6 is 0 Å². The van der Waals surface area contributed by atoms with Gasteiger partial charge in [-0.3, -0.25) is 4.79 Å². The summed E-state index contributed by atoms with van der Waals surface area (Å²) in [6.07, 6.45) is 4.99. The van der Waals surface area contributed by atoms with Gasteiger partial charge in [-0.25, -0.2) is 0 Å². The highest BCUT2D eigenvalue weighted by molar-refractivity contribution is 5.75. The smallest absolute Gasteiger partial charge is 0.322 e. The number of hydrogen-bond donors (Lipinski definition) is 1. The van der Waals surface area contributed by atoms with E-state index in [0.717, 1.165) is 12.5 Å². The van der Waals surface area contributed by atoms with Crippen LogP contribution in [0.4, 0.5) is 0 Å². The lowest BCUT2D eigenvalue weighted by Crippen LogP contribution is -2.50. The summed E-state index contributed by atoms with van der Waals surface area (Å²) in [6, 6.07) is 1.05. The highest BCUT2D eigenvalue weighted by atomic mass is 16.5. The second-order valence-electron chi connectivity index (χ2n) is 4.96. The summed E-state index contributed by atoms with van der Waals surface area (Å²) in [4.78, 5) is 13.9. The molecule has 1 N–H and O–H groups in total. The monoisotopic (exact) mass is 226 g/mol. The van der Waals surface area contributed by atoms with Crippen LogP contribution in [0.15, 0.2) is 0 Å². The fraction of sp³-hybridized carbons (Fsp3) is 0.917. The normalized spacial score (nSPS) is 32.1. The Bertz CT molecular complexity index is 257. The Hall–Kier alpha value is -0.610. The first-order valence-electron chi connectivity index (χ1n) is 6.28. The summed E-state index contributed by atoms with van der Waals surface area (Å²) in [5, 5.41) is 3.38. The molecule has 16 heavy (non-hydrogen) atoms. The number of methoxy groups -OCH3 is 1. The van der Waals surface area contributed by atoms with Gasteiger partial charge in [0.05, 0.1) is 7.11 Å². The minimum Gasteiger partial charge on any atom is -0.468 e. The Kier molecular flexibility index (Phi) is 3.82. The largest absolute Gasteiger partial charge is 0.468 e. The molecule has 0 aromatic rings. The Balaban J connectivity index is 1.80. The van der Waals surface area contributed by atoms with E-state index in [0.29, 0.717) is 6.04 Å². The number of nitrogens with one attached hydrogen (secondary N) is 1. The maximum atomic E-state index is 11.3. The lowest BCUT2D eigenvalue weighted by atomic mass is 9.97. The second-order valence-corrected chi connectivity index (χ2v) is 4.96. The van der Waals surface area contributed by atoms with Crippen molar-refractivity contribution in [3.05, 3.63) is 0 Å². The van der Waals surface area contributed by atoms with Gasteiger partial charge in [-0.15, -0.1) is 0 Å². The topological polar surface area (TPSA) is 41.6 Å². The van der Waals surface area contributed by atoms with Crippen molar-refractivity contribution < 1.29 is 9.53 Å². The molecule has 3 atom stereocenters. The molecule has 2 unspecified atom stereocenters. The van der Waals surface area contributed by atoms with Crippen molar-refractivity contribution in [3.63, 3.8) is 0 Å². The maximum Gasteiger partial charge on any atom is 0.322 e. The fourth-order valence-corrected chi connectivity index (χ4v) is 2.97. The summed E-state index contributed by atoms with van der Waals surface area (Å²) in [5.74, 6) is -0.158. The highest BCUT2D eigenvalue weighted by Crippen LogP contribution is 2.26. The number of piperidine rings is 1. The zero-order valence-corrected chi connectivity index (χ0v) is 10.2. The number of carbonyl (C=O) groups excluding carboxylic acids is 1. The van der Waals surface area contributed by atoms with Gasteiger partial charge < -0.3 is 15.0 Å². The summed E-state index contributed by atoms with van der Waals surface area (Å²) in [5.41, 5.74) is 0. The summed E-state index contributed by atoms with van der Waals surface area (Å²) in [6.45, 7) is 4.33. The van der Waals surface area contributed by atoms with E-state index >= 15 is 0 Å². The van der Waals surface area contributed by atoms with Gasteiger partial charge in [-0.05, 0) is 45.7 Å². The Morgan fingerprint density at radius 1 is 1.44 bits per heavy atom. The molecular formula is C12H22N2O2. The molecule has 0 aromatic heterocycles. The van der Waals surface area contributed by atoms with Crippen LogP contribution < -0.4 is 5.32 Å². The standard InChI is InChI=1S/C12H22N2O2/c1-9(12(15)16-2)13-10-5-7-14-6-3-4-11(14)8-10/h9-11,13H,3-8H2,1-2H3/t9-,10?,11?/m0/s1. The molecule has 0 aliphatic carbocycles. The molecule has 92 valence electrons. The summed E-state index contributed by atoms with van der Waals surface area (Å²) < 4.78 is 4.73. The zero-order chi connectivity index (χ0) is 11.5. The number of rotatable bonds is 3. The molecule has 2 aliphatic heterocycles. The van der Waals surface area contributed by atoms with Crippen molar-refractivity contribution in [3.8, 4) is 0 Å². The maximum absolute atomic E-state index is 11.3. The fourth-order valence-electron chi connectivity index (χ4n) is 2.97. The number of nitrogens with zero attached hydrogens (tertiary/aromatic N) is 1. The van der Waals surface area contributed by atoms with E-state index in [1.54, 1.807) is 0 Å². The molecule has 0 amide bonds. The van der Waals surface area contributed by atoms with E-state index in [4.69, 9.17) is 4.74 Å². The Labute approximate surface area is 97.3 Å². The predicted molar refractivity (Wildman–Crippen MR) is 62.2 cm³/mol. The van der Waals surface area contributed by atoms with Crippen molar-refractivity contribution in [1.29, 1.82) is 0 Å². The van der Waals surface area contributed by atoms with Crippen LogP contribution in [0, 0.1) is 0 Å². The number of ether oxygens (including phenoxy) is 1. The molecule has 0 bridgehead atoms. The van der Waals surface area contributed by atoms with E-state index in [2.05, 4.69) is 10.2 Å². The molecule has 2 heterocycles. The third-order valence-electron chi connectivity index (χ3n) is 3.86. The molecule has 2 fully saturated rings. The SMILES string of the molecule is COC(=O)[C@H](C)NC1CCN2CCCC2C1. The first-order valence-corrected chi connectivity index (χ1v) is 6.28. The number of hydrogen-bond acceptors (Lipinski definition) is 4. The van der Waals surface area contributed by atoms with Crippen LogP contribution in [0.2, 0.25) is 0 Å². The molecule has 0 spiro atoms. The number of fused-ring (bicyclic) bond motifs is 1. The molecule has 2 rings (SSSR count). The average Bonchev–Trinajstić information content (AvgIpc) is 2.75. The van der Waals surface area contributed by atoms with Crippen molar-refractivity contribution in [1.82, 2.24) is 10.2 Å². The third-order valence-corrected chi connectivity index (χ3v) is 3.86. The van der Waals surface area contributed by atoms with Crippen LogP contribution in [0.25, 0.3) is 0 Å². The molecule has 0 saturated carbocycles. The van der Waals surface area contributed by atoms with Gasteiger partial charge in [0.15, 0.2) is 0 Å². The molecular weight excluding hydrogens is 204 g/mol. The first kappa shape index (κ1) is 11.9. The summed E-state index contributed by atoms with van der Waals surface area (Å²) >= 11 is 0. The minimum absolute atomic E-state index is 0.158. The molecule has 4 heteroatoms. The van der Waals surface area contributed by atoms with Gasteiger partial charge in [0.25, 0.3) is 0 Å². The van der Waals surface area contributed by atoms with Gasteiger partial charge in [-0.1, -0.05) is 0 Å². The van der Waals surface area contributed by atoms with Crippen LogP contribution in [-0.2, 0) is 9.53 Å². The first-order chi connectivity index (χ1) is 7.70. The molecule has 0 aromatic carbocycles. The van der Waals surface area contributed by atoms with E-state index < -0.39 is 0 Å². The molecule has 2 saturated heterocycles. The Morgan fingerprint density at radius 2 is 2.25 bits per heavy atom. The third kappa shape index (κ3) is 2.55. The van der Waals surface area contributed by atoms with Gasteiger partial charge in [0.1, 0.15) is 6.04 Å². The lowest BCUT2D eigenvalue weighted by molar-refractivity contribution is -0.143. The van der Waals surface area contributed by atoms with Crippen LogP contribution in [-0.4, -0.2) is 49.2 Å². The van der Waals surface area contributed by atoms with Crippen molar-refractivity contribution in [2.24, 2.45) is 0 Å². The van der Waals surface area contributed by atoms with Gasteiger partial charge in [0, 0.05) is 12.1 Å². The van der Waals surface area contributed by atoms with Crippen molar-refractivity contribution in [2.75, 3.05) is 20.2 Å². The van der Waals surface area contributed by atoms with Gasteiger partial charge in [-0.2, -0.15) is 0 Å². The average molecular weight is 226 g/mol. The van der Waals surface area contributed by atoms with E-state index in [1.807, 2.05) is 6.92 Å². The van der Waals surface area contributed by atoms with Crippen LogP contribution in [0.1, 0.15) is 32.6 Å². The van der Waals surface area contributed by atoms with E-state index in [9.17, 15) is 4.79 Å². The van der Waals surface area contributed by atoms with E-state index in [1.165, 1.54) is 39.5 Å². The van der Waals surface area contributed by atoms with Crippen molar-refractivity contribution >= 4 is 5.97 Å². The molecule has 0 radical (unpaired) electrons. The zero-order valence-electron chi connectivity index (χ0n) is 10.2.